The van der Waals surface area contributed by atoms with Crippen LogP contribution in [-0.2, 0) is 11.2 Å². The maximum Gasteiger partial charge on any atom is 0.255 e. The van der Waals surface area contributed by atoms with Gasteiger partial charge in [-0.3, -0.25) is 9.59 Å². The van der Waals surface area contributed by atoms with E-state index in [9.17, 15) is 9.59 Å². The van der Waals surface area contributed by atoms with Gasteiger partial charge in [-0.05, 0) is 73.2 Å². The number of nitrogens with one attached hydrogen (secondary N) is 2. The molecule has 0 atom stereocenters. The first-order valence-corrected chi connectivity index (χ1v) is 13.1. The zero-order valence-electron chi connectivity index (χ0n) is 20.5. The average molecular weight is 550 g/mol. The summed E-state index contributed by atoms with van der Waals surface area (Å²) in [6.07, 6.45) is 3.23. The number of amides is 2. The van der Waals surface area contributed by atoms with Crippen LogP contribution in [0.3, 0.4) is 0 Å². The van der Waals surface area contributed by atoms with Gasteiger partial charge in [0.2, 0.25) is 0 Å². The Hall–Kier alpha value is -3.16. The minimum Gasteiger partial charge on any atom is -0.383 e. The van der Waals surface area contributed by atoms with Crippen molar-refractivity contribution in [2.24, 2.45) is 5.92 Å². The third-order valence-electron chi connectivity index (χ3n) is 6.52. The first-order chi connectivity index (χ1) is 17.5. The maximum absolute atomic E-state index is 13.1. The molecule has 7 heteroatoms. The minimum absolute atomic E-state index is 0.173. The highest BCUT2D eigenvalue weighted by Crippen LogP contribution is 2.30. The second kappa shape index (κ2) is 12.7. The summed E-state index contributed by atoms with van der Waals surface area (Å²) in [5.74, 6) is 0.239. The van der Waals surface area contributed by atoms with E-state index in [0.717, 1.165) is 42.5 Å². The fourth-order valence-corrected chi connectivity index (χ4v) is 4.83. The second-order valence-electron chi connectivity index (χ2n) is 9.06. The van der Waals surface area contributed by atoms with E-state index in [0.29, 0.717) is 35.9 Å². The van der Waals surface area contributed by atoms with Crippen molar-refractivity contribution in [3.63, 3.8) is 0 Å². The lowest BCUT2D eigenvalue weighted by atomic mass is 9.89. The Kier molecular flexibility index (Phi) is 9.14. The van der Waals surface area contributed by atoms with Gasteiger partial charge in [-0.1, -0.05) is 46.3 Å². The summed E-state index contributed by atoms with van der Waals surface area (Å²) < 4.78 is 5.99. The summed E-state index contributed by atoms with van der Waals surface area (Å²) in [5.41, 5.74) is 3.96. The van der Waals surface area contributed by atoms with E-state index in [1.165, 1.54) is 5.56 Å². The zero-order valence-corrected chi connectivity index (χ0v) is 22.1. The van der Waals surface area contributed by atoms with Crippen molar-refractivity contribution in [2.45, 2.75) is 19.3 Å². The Labute approximate surface area is 221 Å². The van der Waals surface area contributed by atoms with Gasteiger partial charge in [0.1, 0.15) is 0 Å². The SMILES string of the molecule is COCCNC(=O)c1cc(NC(=O)c2ccc(Br)cc2)ccc1N1CCC(Cc2ccccc2)CC1. The van der Waals surface area contributed by atoms with Gasteiger partial charge < -0.3 is 20.3 Å². The van der Waals surface area contributed by atoms with Crippen molar-refractivity contribution in [2.75, 3.05) is 43.6 Å². The van der Waals surface area contributed by atoms with Crippen LogP contribution in [0.4, 0.5) is 11.4 Å². The number of hydrogen-bond acceptors (Lipinski definition) is 4. The number of hydrogen-bond donors (Lipinski definition) is 2. The van der Waals surface area contributed by atoms with Crippen molar-refractivity contribution in [1.29, 1.82) is 0 Å². The number of ether oxygens (including phenoxy) is 1. The van der Waals surface area contributed by atoms with Gasteiger partial charge in [0.15, 0.2) is 0 Å². The average Bonchev–Trinajstić information content (AvgIpc) is 2.90. The highest BCUT2D eigenvalue weighted by atomic mass is 79.9. The molecule has 0 aliphatic carbocycles. The van der Waals surface area contributed by atoms with Crippen LogP contribution >= 0.6 is 15.9 Å². The highest BCUT2D eigenvalue weighted by molar-refractivity contribution is 9.10. The Morgan fingerprint density at radius 2 is 1.69 bits per heavy atom. The molecule has 4 rings (SSSR count). The van der Waals surface area contributed by atoms with Crippen molar-refractivity contribution >= 4 is 39.1 Å². The Bertz CT molecular complexity index is 1160. The normalized spacial score (nSPS) is 13.9. The van der Waals surface area contributed by atoms with Crippen LogP contribution in [-0.4, -0.2) is 45.2 Å². The predicted octanol–water partition coefficient (Wildman–Crippen LogP) is 5.54. The first kappa shape index (κ1) is 25.9. The maximum atomic E-state index is 13.1. The minimum atomic E-state index is -0.220. The van der Waals surface area contributed by atoms with E-state index < -0.39 is 0 Å². The van der Waals surface area contributed by atoms with Gasteiger partial charge in [-0.25, -0.2) is 0 Å². The molecule has 188 valence electrons. The Morgan fingerprint density at radius 1 is 0.972 bits per heavy atom. The van der Waals surface area contributed by atoms with Gasteiger partial charge in [0.25, 0.3) is 11.8 Å². The van der Waals surface area contributed by atoms with Crippen LogP contribution in [0.1, 0.15) is 39.1 Å². The van der Waals surface area contributed by atoms with Gasteiger partial charge in [-0.2, -0.15) is 0 Å². The summed E-state index contributed by atoms with van der Waals surface area (Å²) in [5, 5.41) is 5.86. The summed E-state index contributed by atoms with van der Waals surface area (Å²) in [7, 11) is 1.61. The van der Waals surface area contributed by atoms with Crippen LogP contribution in [0, 0.1) is 5.92 Å². The van der Waals surface area contributed by atoms with Crippen molar-refractivity contribution < 1.29 is 14.3 Å². The van der Waals surface area contributed by atoms with E-state index in [2.05, 4.69) is 61.8 Å². The van der Waals surface area contributed by atoms with Gasteiger partial charge >= 0.3 is 0 Å². The number of carbonyl (C=O) groups excluding carboxylic acids is 2. The van der Waals surface area contributed by atoms with Crippen molar-refractivity contribution in [3.05, 3.63) is 94.0 Å². The lowest BCUT2D eigenvalue weighted by Gasteiger charge is -2.35. The third kappa shape index (κ3) is 6.95. The molecule has 0 radical (unpaired) electrons. The predicted molar refractivity (Wildman–Crippen MR) is 148 cm³/mol. The molecule has 1 aliphatic heterocycles. The number of piperidine rings is 1. The van der Waals surface area contributed by atoms with Gasteiger partial charge in [0, 0.05) is 48.2 Å². The standard InChI is InChI=1S/C29H32BrN3O3/c1-36-18-15-31-29(35)26-20-25(32-28(34)23-7-9-24(30)10-8-23)11-12-27(26)33-16-13-22(14-17-33)19-21-5-3-2-4-6-21/h2-12,20,22H,13-19H2,1H3,(H,31,35)(H,32,34). The van der Waals surface area contributed by atoms with Gasteiger partial charge in [-0.15, -0.1) is 0 Å². The number of halogens is 1. The highest BCUT2D eigenvalue weighted by Gasteiger charge is 2.24. The number of rotatable bonds is 9. The van der Waals surface area contributed by atoms with Crippen LogP contribution in [0.25, 0.3) is 0 Å². The van der Waals surface area contributed by atoms with E-state index in [1.807, 2.05) is 24.3 Å². The molecule has 0 bridgehead atoms. The molecular formula is C29H32BrN3O3. The van der Waals surface area contributed by atoms with E-state index in [1.54, 1.807) is 25.3 Å². The second-order valence-corrected chi connectivity index (χ2v) is 9.98. The molecule has 3 aromatic carbocycles. The third-order valence-corrected chi connectivity index (χ3v) is 7.05. The quantitative estimate of drug-likeness (QED) is 0.344. The number of nitrogens with zero attached hydrogens (tertiary/aromatic N) is 1. The molecule has 2 amide bonds. The van der Waals surface area contributed by atoms with Crippen molar-refractivity contribution in [1.82, 2.24) is 5.32 Å². The number of methoxy groups -OCH3 is 1. The zero-order chi connectivity index (χ0) is 25.3. The molecule has 36 heavy (non-hydrogen) atoms. The Balaban J connectivity index is 1.48. The van der Waals surface area contributed by atoms with Crippen molar-refractivity contribution in [3.8, 4) is 0 Å². The molecule has 3 aromatic rings. The summed E-state index contributed by atoms with van der Waals surface area (Å²) >= 11 is 3.39. The molecule has 1 fully saturated rings. The van der Waals surface area contributed by atoms with E-state index in [4.69, 9.17) is 4.74 Å². The molecule has 1 saturated heterocycles. The molecule has 2 N–H and O–H groups in total. The van der Waals surface area contributed by atoms with E-state index >= 15 is 0 Å². The smallest absolute Gasteiger partial charge is 0.255 e. The largest absolute Gasteiger partial charge is 0.383 e. The lowest BCUT2D eigenvalue weighted by molar-refractivity contribution is 0.0936. The lowest BCUT2D eigenvalue weighted by Crippen LogP contribution is -2.36. The van der Waals surface area contributed by atoms with Crippen LogP contribution in [0.2, 0.25) is 0 Å². The molecule has 1 heterocycles. The topological polar surface area (TPSA) is 70.7 Å². The molecule has 0 unspecified atom stereocenters. The molecule has 0 saturated carbocycles. The summed E-state index contributed by atoms with van der Waals surface area (Å²) in [6.45, 7) is 2.64. The number of benzene rings is 3. The Morgan fingerprint density at radius 3 is 2.39 bits per heavy atom. The van der Waals surface area contributed by atoms with Crippen LogP contribution in [0.5, 0.6) is 0 Å². The monoisotopic (exact) mass is 549 g/mol. The number of anilines is 2. The molecule has 0 aromatic heterocycles. The van der Waals surface area contributed by atoms with Crippen LogP contribution < -0.4 is 15.5 Å². The molecule has 1 aliphatic rings. The van der Waals surface area contributed by atoms with Crippen LogP contribution in [0.15, 0.2) is 77.3 Å². The van der Waals surface area contributed by atoms with Gasteiger partial charge in [0.05, 0.1) is 12.2 Å². The fourth-order valence-electron chi connectivity index (χ4n) is 4.56. The first-order valence-electron chi connectivity index (χ1n) is 12.3. The fraction of sp³-hybridized carbons (Fsp3) is 0.310. The molecular weight excluding hydrogens is 518 g/mol. The summed E-state index contributed by atoms with van der Waals surface area (Å²) in [4.78, 5) is 28.1. The number of carbonyl (C=O) groups is 2. The molecule has 0 spiro atoms. The summed E-state index contributed by atoms with van der Waals surface area (Å²) in [6, 6.07) is 23.4. The molecule has 6 nitrogen and oxygen atoms in total. The van der Waals surface area contributed by atoms with E-state index in [-0.39, 0.29) is 11.8 Å².